The van der Waals surface area contributed by atoms with Crippen LogP contribution < -0.4 is 4.74 Å². The minimum atomic E-state index is -3.09. The first-order chi connectivity index (χ1) is 11.2. The maximum atomic E-state index is 12.1. The highest BCUT2D eigenvalue weighted by molar-refractivity contribution is 7.91. The van der Waals surface area contributed by atoms with E-state index in [0.29, 0.717) is 11.4 Å². The third kappa shape index (κ3) is 4.39. The quantitative estimate of drug-likeness (QED) is 0.717. The highest BCUT2D eigenvalue weighted by atomic mass is 35.5. The monoisotopic (exact) mass is 375 g/mol. The van der Waals surface area contributed by atoms with Crippen molar-refractivity contribution in [3.8, 4) is 5.75 Å². The van der Waals surface area contributed by atoms with Crippen molar-refractivity contribution in [1.82, 2.24) is 4.90 Å². The van der Waals surface area contributed by atoms with Crippen LogP contribution in [0.5, 0.6) is 5.75 Å². The molecule has 1 fully saturated rings. The van der Waals surface area contributed by atoms with Crippen LogP contribution in [0.2, 0.25) is 5.02 Å². The van der Waals surface area contributed by atoms with E-state index in [4.69, 9.17) is 21.1 Å². The van der Waals surface area contributed by atoms with E-state index < -0.39 is 28.3 Å². The van der Waals surface area contributed by atoms with Gasteiger partial charge in [-0.2, -0.15) is 0 Å². The van der Waals surface area contributed by atoms with Gasteiger partial charge in [-0.3, -0.25) is 4.79 Å². The number of esters is 1. The number of methoxy groups -OCH3 is 1. The summed E-state index contributed by atoms with van der Waals surface area (Å²) in [6.07, 6.45) is 0.390. The van der Waals surface area contributed by atoms with Crippen molar-refractivity contribution < 1.29 is 27.5 Å². The maximum Gasteiger partial charge on any atom is 0.342 e. The molecule has 1 saturated heterocycles. The Labute approximate surface area is 145 Å². The maximum absolute atomic E-state index is 12.1. The average Bonchev–Trinajstić information content (AvgIpc) is 2.91. The number of benzene rings is 1. The van der Waals surface area contributed by atoms with Gasteiger partial charge in [-0.25, -0.2) is 13.2 Å². The molecule has 1 atom stereocenters. The van der Waals surface area contributed by atoms with Crippen LogP contribution >= 0.6 is 11.6 Å². The predicted octanol–water partition coefficient (Wildman–Crippen LogP) is 1.15. The summed E-state index contributed by atoms with van der Waals surface area (Å²) in [7, 11) is -0.191. The van der Waals surface area contributed by atoms with Gasteiger partial charge in [-0.15, -0.1) is 0 Å². The number of likely N-dealkylation sites (N-methyl/N-ethyl adjacent to an activating group) is 1. The van der Waals surface area contributed by atoms with Crippen LogP contribution in [0.25, 0.3) is 0 Å². The lowest BCUT2D eigenvalue weighted by Crippen LogP contribution is -2.40. The van der Waals surface area contributed by atoms with Crippen LogP contribution in [-0.4, -0.2) is 63.5 Å². The Morgan fingerprint density at radius 3 is 2.67 bits per heavy atom. The Bertz CT molecular complexity index is 748. The SMILES string of the molecule is COc1ccc(Cl)cc1C(=O)OCC(=O)N(C)C1CCS(=O)(=O)C1. The molecule has 7 nitrogen and oxygen atoms in total. The smallest absolute Gasteiger partial charge is 0.342 e. The minimum Gasteiger partial charge on any atom is -0.496 e. The molecule has 0 N–H and O–H groups in total. The van der Waals surface area contributed by atoms with Gasteiger partial charge in [0.15, 0.2) is 16.4 Å². The van der Waals surface area contributed by atoms with Gasteiger partial charge in [-0.05, 0) is 24.6 Å². The summed E-state index contributed by atoms with van der Waals surface area (Å²) in [5, 5.41) is 0.336. The molecule has 0 radical (unpaired) electrons. The lowest BCUT2D eigenvalue weighted by atomic mass is 10.2. The largest absolute Gasteiger partial charge is 0.496 e. The van der Waals surface area contributed by atoms with Gasteiger partial charge < -0.3 is 14.4 Å². The second kappa shape index (κ2) is 7.40. The number of hydrogen-bond acceptors (Lipinski definition) is 6. The first kappa shape index (κ1) is 18.5. The van der Waals surface area contributed by atoms with Crippen molar-refractivity contribution in [2.45, 2.75) is 12.5 Å². The summed E-state index contributed by atoms with van der Waals surface area (Å²) in [6, 6.07) is 4.09. The first-order valence-electron chi connectivity index (χ1n) is 7.20. The van der Waals surface area contributed by atoms with E-state index in [0.717, 1.165) is 0 Å². The molecular weight excluding hydrogens is 358 g/mol. The lowest BCUT2D eigenvalue weighted by molar-refractivity contribution is -0.134. The molecule has 0 saturated carbocycles. The van der Waals surface area contributed by atoms with Crippen LogP contribution in [0.15, 0.2) is 18.2 Å². The second-order valence-corrected chi connectivity index (χ2v) is 8.15. The fourth-order valence-electron chi connectivity index (χ4n) is 2.43. The van der Waals surface area contributed by atoms with Gasteiger partial charge in [0.2, 0.25) is 0 Å². The molecule has 132 valence electrons. The molecule has 1 aliphatic heterocycles. The summed E-state index contributed by atoms with van der Waals surface area (Å²) >= 11 is 5.85. The van der Waals surface area contributed by atoms with Crippen LogP contribution in [0, 0.1) is 0 Å². The molecule has 24 heavy (non-hydrogen) atoms. The van der Waals surface area contributed by atoms with Crippen molar-refractivity contribution in [2.24, 2.45) is 0 Å². The summed E-state index contributed by atoms with van der Waals surface area (Å²) in [5.74, 6) is -0.922. The van der Waals surface area contributed by atoms with Gasteiger partial charge >= 0.3 is 5.97 Å². The molecule has 0 bridgehead atoms. The fourth-order valence-corrected chi connectivity index (χ4v) is 4.38. The van der Waals surface area contributed by atoms with Crippen molar-refractivity contribution >= 4 is 33.3 Å². The number of carbonyl (C=O) groups excluding carboxylic acids is 2. The third-order valence-electron chi connectivity index (χ3n) is 3.86. The van der Waals surface area contributed by atoms with Crippen molar-refractivity contribution in [3.63, 3.8) is 0 Å². The van der Waals surface area contributed by atoms with E-state index >= 15 is 0 Å². The Hall–Kier alpha value is -1.80. The zero-order chi connectivity index (χ0) is 17.9. The molecule has 1 aliphatic rings. The summed E-state index contributed by atoms with van der Waals surface area (Å²) < 4.78 is 33.0. The van der Waals surface area contributed by atoms with Gasteiger partial charge in [0, 0.05) is 18.1 Å². The van der Waals surface area contributed by atoms with Gasteiger partial charge in [0.1, 0.15) is 11.3 Å². The number of amides is 1. The number of rotatable bonds is 5. The standard InChI is InChI=1S/C15H18ClNO6S/c1-17(11-5-6-24(20,21)9-11)14(18)8-23-15(19)12-7-10(16)3-4-13(12)22-2/h3-4,7,11H,5-6,8-9H2,1-2H3. The second-order valence-electron chi connectivity index (χ2n) is 5.48. The zero-order valence-electron chi connectivity index (χ0n) is 13.3. The Morgan fingerprint density at radius 1 is 1.38 bits per heavy atom. The number of sulfone groups is 1. The number of hydrogen-bond donors (Lipinski definition) is 0. The molecule has 0 spiro atoms. The minimum absolute atomic E-state index is 0.0642. The van der Waals surface area contributed by atoms with E-state index in [2.05, 4.69) is 0 Å². The van der Waals surface area contributed by atoms with Gasteiger partial charge in [0.05, 0.1) is 18.6 Å². The summed E-state index contributed by atoms with van der Waals surface area (Å²) in [5.41, 5.74) is 0.115. The van der Waals surface area contributed by atoms with E-state index in [1.54, 1.807) is 6.07 Å². The highest BCUT2D eigenvalue weighted by Crippen LogP contribution is 2.23. The fraction of sp³-hybridized carbons (Fsp3) is 0.467. The van der Waals surface area contributed by atoms with Crippen molar-refractivity contribution in [2.75, 3.05) is 32.3 Å². The van der Waals surface area contributed by atoms with E-state index in [1.807, 2.05) is 0 Å². The molecule has 0 aliphatic carbocycles. The molecule has 1 unspecified atom stereocenters. The Kier molecular flexibility index (Phi) is 5.71. The van der Waals surface area contributed by atoms with Crippen LogP contribution in [0.4, 0.5) is 0 Å². The highest BCUT2D eigenvalue weighted by Gasteiger charge is 2.33. The van der Waals surface area contributed by atoms with Gasteiger partial charge in [-0.1, -0.05) is 11.6 Å². The number of ether oxygens (including phenoxy) is 2. The topological polar surface area (TPSA) is 90.0 Å². The molecule has 0 aromatic heterocycles. The Morgan fingerprint density at radius 2 is 2.08 bits per heavy atom. The lowest BCUT2D eigenvalue weighted by Gasteiger charge is -2.23. The molecule has 1 aromatic rings. The molecule has 1 heterocycles. The zero-order valence-corrected chi connectivity index (χ0v) is 14.9. The third-order valence-corrected chi connectivity index (χ3v) is 5.84. The molecule has 1 aromatic carbocycles. The number of halogens is 1. The average molecular weight is 376 g/mol. The molecule has 2 rings (SSSR count). The first-order valence-corrected chi connectivity index (χ1v) is 9.40. The number of carbonyl (C=O) groups is 2. The van der Waals surface area contributed by atoms with E-state index in [-0.39, 0.29) is 28.9 Å². The van der Waals surface area contributed by atoms with E-state index in [1.165, 1.54) is 31.2 Å². The van der Waals surface area contributed by atoms with Crippen LogP contribution in [0.3, 0.4) is 0 Å². The summed E-state index contributed by atoms with van der Waals surface area (Å²) in [4.78, 5) is 25.5. The molecule has 9 heteroatoms. The van der Waals surface area contributed by atoms with Crippen molar-refractivity contribution in [1.29, 1.82) is 0 Å². The van der Waals surface area contributed by atoms with E-state index in [9.17, 15) is 18.0 Å². The van der Waals surface area contributed by atoms with Crippen molar-refractivity contribution in [3.05, 3.63) is 28.8 Å². The molecular formula is C15H18ClNO6S. The normalized spacial score (nSPS) is 18.9. The summed E-state index contributed by atoms with van der Waals surface area (Å²) in [6.45, 7) is -0.485. The number of nitrogens with zero attached hydrogens (tertiary/aromatic N) is 1. The van der Waals surface area contributed by atoms with Gasteiger partial charge in [0.25, 0.3) is 5.91 Å². The van der Waals surface area contributed by atoms with Crippen LogP contribution in [0.1, 0.15) is 16.8 Å². The predicted molar refractivity (Wildman–Crippen MR) is 88.1 cm³/mol. The molecule has 1 amide bonds. The van der Waals surface area contributed by atoms with Crippen LogP contribution in [-0.2, 0) is 19.4 Å². The Balaban J connectivity index is 1.96.